The van der Waals surface area contributed by atoms with E-state index < -0.39 is 6.04 Å². The fourth-order valence-electron chi connectivity index (χ4n) is 5.08. The van der Waals surface area contributed by atoms with Crippen molar-refractivity contribution in [3.8, 4) is 5.75 Å². The summed E-state index contributed by atoms with van der Waals surface area (Å²) in [5.74, 6) is 6.55. The molecule has 5 rings (SSSR count). The van der Waals surface area contributed by atoms with Gasteiger partial charge in [-0.15, -0.1) is 4.99 Å². The van der Waals surface area contributed by atoms with Gasteiger partial charge in [0.15, 0.2) is 0 Å². The first kappa shape index (κ1) is 25.9. The maximum atomic E-state index is 13.3. The molecular formula is C27H31ClN6O4. The van der Waals surface area contributed by atoms with E-state index in [1.807, 2.05) is 19.1 Å². The lowest BCUT2D eigenvalue weighted by molar-refractivity contribution is -0.248. The average Bonchev–Trinajstić information content (AvgIpc) is 3.33. The lowest BCUT2D eigenvalue weighted by Gasteiger charge is -2.30. The first-order chi connectivity index (χ1) is 18.3. The second-order valence-corrected chi connectivity index (χ2v) is 9.97. The van der Waals surface area contributed by atoms with Crippen molar-refractivity contribution in [1.29, 1.82) is 0 Å². The van der Waals surface area contributed by atoms with E-state index in [1.54, 1.807) is 35.3 Å². The van der Waals surface area contributed by atoms with Crippen LogP contribution in [0.2, 0.25) is 5.02 Å². The molecule has 10 nitrogen and oxygen atoms in total. The molecule has 2 aliphatic rings. The summed E-state index contributed by atoms with van der Waals surface area (Å²) in [6.45, 7) is 3.08. The number of hydrazine groups is 1. The lowest BCUT2D eigenvalue weighted by atomic mass is 9.95. The number of rotatable bonds is 8. The highest BCUT2D eigenvalue weighted by Crippen LogP contribution is 2.35. The molecule has 1 amide bonds. The summed E-state index contributed by atoms with van der Waals surface area (Å²) in [6.07, 6.45) is 1.33. The number of amides is 1. The molecule has 0 saturated carbocycles. The molecule has 0 fully saturated rings. The Hall–Kier alpha value is -3.70. The molecule has 0 aliphatic carbocycles. The van der Waals surface area contributed by atoms with E-state index in [4.69, 9.17) is 22.4 Å². The van der Waals surface area contributed by atoms with Gasteiger partial charge in [-0.3, -0.25) is 4.79 Å². The fourth-order valence-corrected chi connectivity index (χ4v) is 5.25. The summed E-state index contributed by atoms with van der Waals surface area (Å²) in [6, 6.07) is 14.1. The van der Waals surface area contributed by atoms with Crippen LogP contribution in [0.25, 0.3) is 0 Å². The molecule has 38 heavy (non-hydrogen) atoms. The highest BCUT2D eigenvalue weighted by atomic mass is 35.5. The number of aryl methyl sites for hydroxylation is 1. The molecular weight excluding hydrogens is 508 g/mol. The Morgan fingerprint density at radius 3 is 2.87 bits per heavy atom. The maximum Gasteiger partial charge on any atom is 0.243 e. The normalized spacial score (nSPS) is 17.6. The van der Waals surface area contributed by atoms with Crippen molar-refractivity contribution in [2.45, 2.75) is 38.4 Å². The van der Waals surface area contributed by atoms with E-state index in [0.29, 0.717) is 29.4 Å². The molecule has 0 bridgehead atoms. The number of nitrogens with one attached hydrogen (secondary N) is 4. The molecule has 2 heterocycles. The van der Waals surface area contributed by atoms with Crippen LogP contribution < -0.4 is 32.3 Å². The lowest BCUT2D eigenvalue weighted by Crippen LogP contribution is -2.42. The number of fused-ring (bicyclic) bond motifs is 2. The van der Waals surface area contributed by atoms with E-state index in [9.17, 15) is 9.90 Å². The number of nitrogens with zero attached hydrogens (tertiary/aromatic N) is 1. The zero-order chi connectivity index (χ0) is 26.8. The van der Waals surface area contributed by atoms with Gasteiger partial charge in [-0.2, -0.15) is 0 Å². The van der Waals surface area contributed by atoms with Crippen molar-refractivity contribution in [1.82, 2.24) is 5.32 Å². The third kappa shape index (κ3) is 5.44. The van der Waals surface area contributed by atoms with Crippen molar-refractivity contribution in [3.63, 3.8) is 0 Å². The van der Waals surface area contributed by atoms with Gasteiger partial charge in [0.25, 0.3) is 0 Å². The van der Waals surface area contributed by atoms with Gasteiger partial charge in [-0.1, -0.05) is 17.7 Å². The largest absolute Gasteiger partial charge is 0.508 e. The third-order valence-electron chi connectivity index (χ3n) is 6.93. The van der Waals surface area contributed by atoms with Gasteiger partial charge in [0, 0.05) is 35.4 Å². The minimum Gasteiger partial charge on any atom is -0.508 e. The molecule has 2 aliphatic heterocycles. The van der Waals surface area contributed by atoms with Crippen LogP contribution in [-0.2, 0) is 27.6 Å². The van der Waals surface area contributed by atoms with E-state index >= 15 is 0 Å². The van der Waals surface area contributed by atoms with Crippen LogP contribution in [-0.4, -0.2) is 30.7 Å². The van der Waals surface area contributed by atoms with Gasteiger partial charge >= 0.3 is 0 Å². The quantitative estimate of drug-likeness (QED) is 0.142. The maximum absolute atomic E-state index is 13.3. The Kier molecular flexibility index (Phi) is 7.48. The minimum absolute atomic E-state index is 0.0726. The molecule has 3 aromatic carbocycles. The van der Waals surface area contributed by atoms with Gasteiger partial charge in [0.1, 0.15) is 11.8 Å². The molecule has 0 spiro atoms. The predicted octanol–water partition coefficient (Wildman–Crippen LogP) is 4.15. The summed E-state index contributed by atoms with van der Waals surface area (Å²) in [7, 11) is 1.40. The third-order valence-corrected chi connectivity index (χ3v) is 7.16. The Morgan fingerprint density at radius 1 is 1.21 bits per heavy atom. The first-order valence-electron chi connectivity index (χ1n) is 12.4. The summed E-state index contributed by atoms with van der Waals surface area (Å²) >= 11 is 6.21. The number of anilines is 4. The molecule has 11 heteroatoms. The standard InChI is InChI=1S/C27H31ClN6O4/c1-15-9-18(35)12-24-19(15)13-25(31-24)27(36)32-22-7-8-30-21-5-3-16(10-20(21)22)14-34(29)26-11-17(28)4-6-23(26)33-38-37-2/h3-6,9-12,22,25,30-31,33,35H,7-8,13-14,29H2,1-2H3,(H,32,36). The van der Waals surface area contributed by atoms with Crippen LogP contribution in [0.3, 0.4) is 0 Å². The number of nitrogens with two attached hydrogens (primary N) is 1. The van der Waals surface area contributed by atoms with Crippen molar-refractivity contribution in [2.24, 2.45) is 5.84 Å². The number of carbonyl (C=O) groups is 1. The van der Waals surface area contributed by atoms with Gasteiger partial charge < -0.3 is 26.1 Å². The number of halogens is 1. The Labute approximate surface area is 225 Å². The predicted molar refractivity (Wildman–Crippen MR) is 148 cm³/mol. The van der Waals surface area contributed by atoms with E-state index in [0.717, 1.165) is 46.6 Å². The molecule has 3 aromatic rings. The Balaban J connectivity index is 1.31. The number of benzene rings is 3. The second-order valence-electron chi connectivity index (χ2n) is 9.53. The van der Waals surface area contributed by atoms with Gasteiger partial charge in [-0.05, 0) is 72.0 Å². The van der Waals surface area contributed by atoms with Crippen molar-refractivity contribution < 1.29 is 19.8 Å². The highest BCUT2D eigenvalue weighted by Gasteiger charge is 2.31. The topological polar surface area (TPSA) is 133 Å². The second kappa shape index (κ2) is 11.0. The summed E-state index contributed by atoms with van der Waals surface area (Å²) in [5.41, 5.74) is 9.71. The van der Waals surface area contributed by atoms with E-state index in [-0.39, 0.29) is 17.7 Å². The van der Waals surface area contributed by atoms with Crippen LogP contribution >= 0.6 is 11.6 Å². The average molecular weight is 539 g/mol. The molecule has 0 radical (unpaired) electrons. The van der Waals surface area contributed by atoms with Crippen LogP contribution in [0.5, 0.6) is 5.75 Å². The zero-order valence-corrected chi connectivity index (χ0v) is 21.9. The molecule has 0 aromatic heterocycles. The number of carbonyl (C=O) groups excluding carboxylic acids is 1. The van der Waals surface area contributed by atoms with E-state index in [2.05, 4.69) is 32.4 Å². The SMILES string of the molecule is COONc1ccc(Cl)cc1N(N)Cc1ccc2c(c1)C(NC(=O)C1Cc3c(C)cc(O)cc3N1)CCN2. The van der Waals surface area contributed by atoms with Crippen LogP contribution in [0.4, 0.5) is 22.7 Å². The van der Waals surface area contributed by atoms with Gasteiger partial charge in [-0.25, -0.2) is 16.2 Å². The van der Waals surface area contributed by atoms with E-state index in [1.165, 1.54) is 7.11 Å². The number of phenolic OH excluding ortho intramolecular Hbond substituents is 1. The van der Waals surface area contributed by atoms with Gasteiger partial charge in [0.2, 0.25) is 5.91 Å². The fraction of sp³-hybridized carbons (Fsp3) is 0.296. The summed E-state index contributed by atoms with van der Waals surface area (Å²) in [5, 5.41) is 21.9. The molecule has 200 valence electrons. The van der Waals surface area contributed by atoms with Crippen molar-refractivity contribution >= 4 is 40.3 Å². The monoisotopic (exact) mass is 538 g/mol. The Morgan fingerprint density at radius 2 is 2.05 bits per heavy atom. The van der Waals surface area contributed by atoms with Gasteiger partial charge in [0.05, 0.1) is 31.1 Å². The number of hydrogen-bond acceptors (Lipinski definition) is 9. The number of hydrogen-bond donors (Lipinski definition) is 6. The Bertz CT molecular complexity index is 1350. The molecule has 0 saturated heterocycles. The van der Waals surface area contributed by atoms with Crippen LogP contribution in [0.15, 0.2) is 48.5 Å². The smallest absolute Gasteiger partial charge is 0.243 e. The van der Waals surface area contributed by atoms with Crippen LogP contribution in [0.1, 0.15) is 34.7 Å². The molecule has 7 N–H and O–H groups in total. The highest BCUT2D eigenvalue weighted by molar-refractivity contribution is 6.31. The van der Waals surface area contributed by atoms with Crippen LogP contribution in [0, 0.1) is 6.92 Å². The molecule has 2 atom stereocenters. The summed E-state index contributed by atoms with van der Waals surface area (Å²) in [4.78, 5) is 22.8. The number of aromatic hydroxyl groups is 1. The van der Waals surface area contributed by atoms with Crippen molar-refractivity contribution in [2.75, 3.05) is 34.8 Å². The first-order valence-corrected chi connectivity index (χ1v) is 12.7. The summed E-state index contributed by atoms with van der Waals surface area (Å²) < 4.78 is 0. The number of phenols is 1. The minimum atomic E-state index is -0.394. The zero-order valence-electron chi connectivity index (χ0n) is 21.2. The van der Waals surface area contributed by atoms with Crippen molar-refractivity contribution in [3.05, 3.63) is 75.8 Å². The molecule has 2 unspecified atom stereocenters.